The SMILES string of the molecule is C(=C\c1ccc(-c2cccc3ccccc23)c2ccccc12)/c1ccc(-c2c3ccccc3c(-c3ccc(N(c4ccc(-c5ccccc5)cc4)c4ccc(-c5ccccc5)cc4)cc3)c3ccccc23)cc1. The molecule has 0 N–H and O–H groups in total. The lowest BCUT2D eigenvalue weighted by Crippen LogP contribution is -2.09. The third kappa shape index (κ3) is 8.23. The summed E-state index contributed by atoms with van der Waals surface area (Å²) in [4.78, 5) is 2.36. The van der Waals surface area contributed by atoms with Crippen molar-refractivity contribution in [3.8, 4) is 55.6 Å². The molecule has 0 fully saturated rings. The molecule has 0 heterocycles. The van der Waals surface area contributed by atoms with E-state index in [-0.39, 0.29) is 0 Å². The lowest BCUT2D eigenvalue weighted by atomic mass is 9.86. The molecule has 73 heavy (non-hydrogen) atoms. The van der Waals surface area contributed by atoms with Crippen LogP contribution >= 0.6 is 0 Å². The first-order chi connectivity index (χ1) is 36.2. The van der Waals surface area contributed by atoms with Gasteiger partial charge in [-0.15, -0.1) is 0 Å². The third-order valence-corrected chi connectivity index (χ3v) is 14.5. The summed E-state index contributed by atoms with van der Waals surface area (Å²) in [6.07, 6.45) is 4.50. The van der Waals surface area contributed by atoms with E-state index >= 15 is 0 Å². The van der Waals surface area contributed by atoms with Gasteiger partial charge in [0.15, 0.2) is 0 Å². The molecule has 0 bridgehead atoms. The Labute approximate surface area is 426 Å². The largest absolute Gasteiger partial charge is 0.311 e. The highest BCUT2D eigenvalue weighted by molar-refractivity contribution is 6.21. The minimum atomic E-state index is 1.09. The van der Waals surface area contributed by atoms with Crippen LogP contribution < -0.4 is 4.90 Å². The second-order valence-electron chi connectivity index (χ2n) is 18.8. The van der Waals surface area contributed by atoms with E-state index < -0.39 is 0 Å². The zero-order valence-corrected chi connectivity index (χ0v) is 40.2. The smallest absolute Gasteiger partial charge is 0.0462 e. The summed E-state index contributed by atoms with van der Waals surface area (Å²) >= 11 is 0. The molecule has 13 aromatic rings. The van der Waals surface area contributed by atoms with Gasteiger partial charge in [0.05, 0.1) is 0 Å². The first-order valence-electron chi connectivity index (χ1n) is 25.2. The lowest BCUT2D eigenvalue weighted by molar-refractivity contribution is 1.28. The number of benzene rings is 13. The molecule has 0 aromatic heterocycles. The molecule has 0 atom stereocenters. The van der Waals surface area contributed by atoms with E-state index in [1.807, 2.05) is 0 Å². The average Bonchev–Trinajstić information content (AvgIpc) is 3.47. The standard InChI is InChI=1S/C72H49N/c1-3-16-51(17-4-1)53-36-43-59(44-37-53)73(60-45-38-54(39-46-60)52-18-5-2-6-19-52)61-47-40-58(41-48-61)72-69-27-13-11-25-67(69)71(68-26-12-14-28-70(68)72)57-34-31-50(32-35-57)30-33-56-42-49-66(64-24-10-9-23-63(56)64)65-29-15-21-55-20-7-8-22-62(55)65/h1-49H/b33-30+. The molecule has 0 spiro atoms. The van der Waals surface area contributed by atoms with Gasteiger partial charge in [0.25, 0.3) is 0 Å². The maximum atomic E-state index is 2.36. The summed E-state index contributed by atoms with van der Waals surface area (Å²) in [5, 5.41) is 9.97. The number of fused-ring (bicyclic) bond motifs is 4. The van der Waals surface area contributed by atoms with Crippen LogP contribution in [0.2, 0.25) is 0 Å². The maximum absolute atomic E-state index is 2.36. The fourth-order valence-corrected chi connectivity index (χ4v) is 11.0. The van der Waals surface area contributed by atoms with Gasteiger partial charge in [0, 0.05) is 17.1 Å². The van der Waals surface area contributed by atoms with Crippen LogP contribution in [0.15, 0.2) is 285 Å². The molecule has 0 radical (unpaired) electrons. The van der Waals surface area contributed by atoms with Crippen LogP contribution in [0.4, 0.5) is 17.1 Å². The van der Waals surface area contributed by atoms with Gasteiger partial charge in [0.2, 0.25) is 0 Å². The van der Waals surface area contributed by atoms with Crippen molar-refractivity contribution in [3.63, 3.8) is 0 Å². The monoisotopic (exact) mass is 927 g/mol. The Morgan fingerprint density at radius 3 is 1.10 bits per heavy atom. The van der Waals surface area contributed by atoms with E-state index in [0.717, 1.165) is 22.6 Å². The number of hydrogen-bond acceptors (Lipinski definition) is 1. The molecule has 13 aromatic carbocycles. The van der Waals surface area contributed by atoms with Crippen molar-refractivity contribution in [2.75, 3.05) is 4.90 Å². The Bertz CT molecular complexity index is 3990. The first kappa shape index (κ1) is 43.5. The van der Waals surface area contributed by atoms with Crippen LogP contribution in [0, 0.1) is 0 Å². The van der Waals surface area contributed by atoms with Gasteiger partial charge in [-0.25, -0.2) is 0 Å². The summed E-state index contributed by atoms with van der Waals surface area (Å²) in [7, 11) is 0. The van der Waals surface area contributed by atoms with Crippen molar-refractivity contribution in [2.45, 2.75) is 0 Å². The van der Waals surface area contributed by atoms with Gasteiger partial charge in [-0.05, 0) is 146 Å². The van der Waals surface area contributed by atoms with E-state index in [1.165, 1.54) is 104 Å². The Hall–Kier alpha value is -9.56. The first-order valence-corrected chi connectivity index (χ1v) is 25.2. The molecule has 1 nitrogen and oxygen atoms in total. The zero-order chi connectivity index (χ0) is 48.5. The molecule has 0 aliphatic rings. The van der Waals surface area contributed by atoms with Crippen LogP contribution in [0.3, 0.4) is 0 Å². The van der Waals surface area contributed by atoms with Crippen molar-refractivity contribution in [1.82, 2.24) is 0 Å². The van der Waals surface area contributed by atoms with Crippen LogP contribution in [-0.2, 0) is 0 Å². The maximum Gasteiger partial charge on any atom is 0.0462 e. The van der Waals surface area contributed by atoms with Gasteiger partial charge in [-0.1, -0.05) is 261 Å². The van der Waals surface area contributed by atoms with Gasteiger partial charge < -0.3 is 4.90 Å². The van der Waals surface area contributed by atoms with Gasteiger partial charge >= 0.3 is 0 Å². The highest BCUT2D eigenvalue weighted by atomic mass is 15.1. The molecule has 342 valence electrons. The van der Waals surface area contributed by atoms with Crippen molar-refractivity contribution in [2.24, 2.45) is 0 Å². The normalized spacial score (nSPS) is 11.5. The third-order valence-electron chi connectivity index (χ3n) is 14.5. The second kappa shape index (κ2) is 19.0. The number of nitrogens with zero attached hydrogens (tertiary/aromatic N) is 1. The van der Waals surface area contributed by atoms with Crippen molar-refractivity contribution in [1.29, 1.82) is 0 Å². The predicted molar refractivity (Wildman–Crippen MR) is 314 cm³/mol. The predicted octanol–water partition coefficient (Wildman–Crippen LogP) is 20.3. The fraction of sp³-hybridized carbons (Fsp3) is 0. The van der Waals surface area contributed by atoms with Crippen molar-refractivity contribution < 1.29 is 0 Å². The topological polar surface area (TPSA) is 3.24 Å². The molecule has 0 aliphatic heterocycles. The Morgan fingerprint density at radius 1 is 0.219 bits per heavy atom. The van der Waals surface area contributed by atoms with E-state index in [9.17, 15) is 0 Å². The van der Waals surface area contributed by atoms with E-state index in [1.54, 1.807) is 0 Å². The summed E-state index contributed by atoms with van der Waals surface area (Å²) in [5.41, 5.74) is 17.8. The molecule has 0 amide bonds. The highest BCUT2D eigenvalue weighted by Crippen LogP contribution is 2.45. The second-order valence-corrected chi connectivity index (χ2v) is 18.8. The zero-order valence-electron chi connectivity index (χ0n) is 40.2. The van der Waals surface area contributed by atoms with E-state index in [0.29, 0.717) is 0 Å². The van der Waals surface area contributed by atoms with E-state index in [2.05, 4.69) is 302 Å². The Balaban J connectivity index is 0.842. The highest BCUT2D eigenvalue weighted by Gasteiger charge is 2.19. The van der Waals surface area contributed by atoms with Crippen molar-refractivity contribution in [3.05, 3.63) is 296 Å². The number of anilines is 3. The van der Waals surface area contributed by atoms with Gasteiger partial charge in [-0.2, -0.15) is 0 Å². The molecule has 13 rings (SSSR count). The molecule has 1 heteroatoms. The lowest BCUT2D eigenvalue weighted by Gasteiger charge is -2.26. The van der Waals surface area contributed by atoms with Crippen LogP contribution in [-0.4, -0.2) is 0 Å². The number of rotatable bonds is 10. The van der Waals surface area contributed by atoms with Crippen LogP contribution in [0.1, 0.15) is 11.1 Å². The molecule has 0 aliphatic carbocycles. The number of hydrogen-bond donors (Lipinski definition) is 0. The minimum absolute atomic E-state index is 1.09. The van der Waals surface area contributed by atoms with Crippen LogP contribution in [0.25, 0.3) is 111 Å². The van der Waals surface area contributed by atoms with E-state index in [4.69, 9.17) is 0 Å². The molecule has 0 saturated carbocycles. The fourth-order valence-electron chi connectivity index (χ4n) is 11.0. The molecule has 0 saturated heterocycles. The Morgan fingerprint density at radius 2 is 0.589 bits per heavy atom. The quantitative estimate of drug-likeness (QED) is 0.0976. The minimum Gasteiger partial charge on any atom is -0.311 e. The molecule has 0 unspecified atom stereocenters. The molecular formula is C72H49N. The summed E-state index contributed by atoms with van der Waals surface area (Å²) in [6, 6.07) is 104. The van der Waals surface area contributed by atoms with Crippen LogP contribution in [0.5, 0.6) is 0 Å². The summed E-state index contributed by atoms with van der Waals surface area (Å²) in [5.74, 6) is 0. The summed E-state index contributed by atoms with van der Waals surface area (Å²) in [6.45, 7) is 0. The molecular weight excluding hydrogens is 879 g/mol. The Kier molecular flexibility index (Phi) is 11.3. The van der Waals surface area contributed by atoms with Gasteiger partial charge in [0.1, 0.15) is 0 Å². The average molecular weight is 928 g/mol. The van der Waals surface area contributed by atoms with Gasteiger partial charge in [-0.3, -0.25) is 0 Å². The summed E-state index contributed by atoms with van der Waals surface area (Å²) < 4.78 is 0. The van der Waals surface area contributed by atoms with Crippen molar-refractivity contribution >= 4 is 72.3 Å².